The average Bonchev–Trinajstić information content (AvgIpc) is 3.13. The molecular formula is C46H28. The molecule has 0 fully saturated rings. The number of benzene rings is 10. The van der Waals surface area contributed by atoms with E-state index in [0.717, 1.165) is 0 Å². The molecule has 46 heavy (non-hydrogen) atoms. The highest BCUT2D eigenvalue weighted by molar-refractivity contribution is 6.33. The third-order valence-corrected chi connectivity index (χ3v) is 10.00. The van der Waals surface area contributed by atoms with E-state index >= 15 is 0 Å². The van der Waals surface area contributed by atoms with Crippen molar-refractivity contribution in [2.45, 2.75) is 0 Å². The number of hydrogen-bond donors (Lipinski definition) is 0. The van der Waals surface area contributed by atoms with Crippen LogP contribution in [0.2, 0.25) is 0 Å². The van der Waals surface area contributed by atoms with Gasteiger partial charge in [0.15, 0.2) is 0 Å². The first-order valence-corrected chi connectivity index (χ1v) is 16.0. The molecule has 0 saturated carbocycles. The van der Waals surface area contributed by atoms with Crippen molar-refractivity contribution in [1.29, 1.82) is 0 Å². The molecule has 0 aliphatic carbocycles. The zero-order valence-electron chi connectivity index (χ0n) is 25.2. The van der Waals surface area contributed by atoms with Crippen molar-refractivity contribution in [2.75, 3.05) is 0 Å². The van der Waals surface area contributed by atoms with Gasteiger partial charge in [-0.15, -0.1) is 0 Å². The Kier molecular flexibility index (Phi) is 5.38. The van der Waals surface area contributed by atoms with Crippen LogP contribution in [-0.4, -0.2) is 0 Å². The summed E-state index contributed by atoms with van der Waals surface area (Å²) >= 11 is 0. The van der Waals surface area contributed by atoms with E-state index in [4.69, 9.17) is 0 Å². The van der Waals surface area contributed by atoms with Crippen LogP contribution in [-0.2, 0) is 0 Å². The van der Waals surface area contributed by atoms with E-state index in [-0.39, 0.29) is 0 Å². The third kappa shape index (κ3) is 3.56. The molecule has 0 amide bonds. The van der Waals surface area contributed by atoms with Crippen LogP contribution in [0.4, 0.5) is 0 Å². The highest BCUT2D eigenvalue weighted by atomic mass is 14.2. The van der Waals surface area contributed by atoms with Crippen LogP contribution < -0.4 is 0 Å². The second kappa shape index (κ2) is 9.76. The minimum Gasteiger partial charge on any atom is -0.0622 e. The van der Waals surface area contributed by atoms with Gasteiger partial charge in [-0.1, -0.05) is 170 Å². The van der Waals surface area contributed by atoms with E-state index in [1.807, 2.05) is 0 Å². The summed E-state index contributed by atoms with van der Waals surface area (Å²) in [6.45, 7) is 0. The Bertz CT molecular complexity index is 2770. The highest BCUT2D eigenvalue weighted by Gasteiger charge is 2.21. The smallest absolute Gasteiger partial charge is 0.00139 e. The first kappa shape index (κ1) is 25.4. The lowest BCUT2D eigenvalue weighted by Crippen LogP contribution is -1.94. The van der Waals surface area contributed by atoms with Crippen LogP contribution >= 0.6 is 0 Å². The molecule has 0 nitrogen and oxygen atoms in total. The molecule has 10 aromatic carbocycles. The van der Waals surface area contributed by atoms with E-state index in [1.165, 1.54) is 98.0 Å². The van der Waals surface area contributed by atoms with Gasteiger partial charge in [-0.25, -0.2) is 0 Å². The number of rotatable bonds is 3. The summed E-state index contributed by atoms with van der Waals surface area (Å²) in [5.74, 6) is 0. The molecule has 0 N–H and O–H groups in total. The SMILES string of the molecule is c1ccc(-c2c3ccccc3c(-c3ccc4ccc5c(-c6ccccc6)ccc6ccc3c4c65)c3c2ccc2ccccc23)cc1. The molecule has 0 radical (unpaired) electrons. The molecule has 0 heteroatoms. The summed E-state index contributed by atoms with van der Waals surface area (Å²) in [5, 5.41) is 15.6. The molecule has 10 rings (SSSR count). The molecular weight excluding hydrogens is 553 g/mol. The minimum atomic E-state index is 1.24. The van der Waals surface area contributed by atoms with E-state index in [9.17, 15) is 0 Å². The molecule has 212 valence electrons. The molecule has 0 unspecified atom stereocenters. The Morgan fingerprint density at radius 2 is 0.696 bits per heavy atom. The Hall–Kier alpha value is -5.98. The normalized spacial score (nSPS) is 11.9. The summed E-state index contributed by atoms with van der Waals surface area (Å²) in [6, 6.07) is 62.8. The number of hydrogen-bond acceptors (Lipinski definition) is 0. The monoisotopic (exact) mass is 580 g/mol. The van der Waals surface area contributed by atoms with Gasteiger partial charge in [-0.2, -0.15) is 0 Å². The van der Waals surface area contributed by atoms with Crippen LogP contribution in [0.1, 0.15) is 0 Å². The summed E-state index contributed by atoms with van der Waals surface area (Å²) in [5.41, 5.74) is 7.66. The molecule has 0 spiro atoms. The molecule has 0 aromatic heterocycles. The van der Waals surface area contributed by atoms with Crippen molar-refractivity contribution in [3.63, 3.8) is 0 Å². The van der Waals surface area contributed by atoms with Gasteiger partial charge in [0.05, 0.1) is 0 Å². The number of fused-ring (bicyclic) bond motifs is 4. The van der Waals surface area contributed by atoms with Gasteiger partial charge in [-0.3, -0.25) is 0 Å². The standard InChI is InChI=1S/C46H28/c1-3-11-29(12-4-1)34-24-20-32-22-26-39-40(27-23-33-21-25-38(34)43(32)44(33)39)46-37-18-10-9-17-36(37)42(31-14-5-2-6-15-31)41-28-19-30-13-7-8-16-35(30)45(41)46/h1-28H. The summed E-state index contributed by atoms with van der Waals surface area (Å²) in [4.78, 5) is 0. The van der Waals surface area contributed by atoms with Gasteiger partial charge in [0.1, 0.15) is 0 Å². The Morgan fingerprint density at radius 3 is 1.39 bits per heavy atom. The van der Waals surface area contributed by atoms with E-state index in [2.05, 4.69) is 170 Å². The van der Waals surface area contributed by atoms with Gasteiger partial charge in [0.2, 0.25) is 0 Å². The summed E-state index contributed by atoms with van der Waals surface area (Å²) < 4.78 is 0. The fraction of sp³-hybridized carbons (Fsp3) is 0. The lowest BCUT2D eigenvalue weighted by molar-refractivity contribution is 1.66. The van der Waals surface area contributed by atoms with Gasteiger partial charge < -0.3 is 0 Å². The zero-order valence-corrected chi connectivity index (χ0v) is 25.2. The molecule has 0 bridgehead atoms. The second-order valence-electron chi connectivity index (χ2n) is 12.4. The topological polar surface area (TPSA) is 0 Å². The molecule has 0 aliphatic rings. The Morgan fingerprint density at radius 1 is 0.217 bits per heavy atom. The zero-order chi connectivity index (χ0) is 30.2. The van der Waals surface area contributed by atoms with Crippen LogP contribution in [0.15, 0.2) is 170 Å². The Balaban J connectivity index is 1.40. The minimum absolute atomic E-state index is 1.24. The highest BCUT2D eigenvalue weighted by Crippen LogP contribution is 2.49. The first-order chi connectivity index (χ1) is 22.8. The van der Waals surface area contributed by atoms with Crippen LogP contribution in [0.5, 0.6) is 0 Å². The molecule has 0 heterocycles. The van der Waals surface area contributed by atoms with E-state index in [1.54, 1.807) is 0 Å². The van der Waals surface area contributed by atoms with Gasteiger partial charge >= 0.3 is 0 Å². The van der Waals surface area contributed by atoms with Crippen LogP contribution in [0.3, 0.4) is 0 Å². The van der Waals surface area contributed by atoms with Gasteiger partial charge in [0, 0.05) is 0 Å². The summed E-state index contributed by atoms with van der Waals surface area (Å²) in [6.07, 6.45) is 0. The second-order valence-corrected chi connectivity index (χ2v) is 12.4. The lowest BCUT2D eigenvalue weighted by atomic mass is 9.81. The largest absolute Gasteiger partial charge is 0.0622 e. The Labute approximate surface area is 267 Å². The van der Waals surface area contributed by atoms with Crippen molar-refractivity contribution >= 4 is 64.6 Å². The fourth-order valence-electron chi connectivity index (χ4n) is 8.03. The third-order valence-electron chi connectivity index (χ3n) is 10.00. The quantitative estimate of drug-likeness (QED) is 0.144. The van der Waals surface area contributed by atoms with Crippen LogP contribution in [0.25, 0.3) is 98.0 Å². The van der Waals surface area contributed by atoms with E-state index in [0.29, 0.717) is 0 Å². The van der Waals surface area contributed by atoms with Crippen LogP contribution in [0, 0.1) is 0 Å². The molecule has 0 aliphatic heterocycles. The van der Waals surface area contributed by atoms with Crippen molar-refractivity contribution in [3.05, 3.63) is 170 Å². The van der Waals surface area contributed by atoms with Crippen molar-refractivity contribution in [1.82, 2.24) is 0 Å². The molecule has 10 aromatic rings. The predicted octanol–water partition coefficient (Wildman–Crippen LogP) is 13.0. The van der Waals surface area contributed by atoms with E-state index < -0.39 is 0 Å². The lowest BCUT2D eigenvalue weighted by Gasteiger charge is -2.21. The molecule has 0 saturated heterocycles. The average molecular weight is 581 g/mol. The maximum Gasteiger partial charge on any atom is -0.00139 e. The first-order valence-electron chi connectivity index (χ1n) is 16.0. The fourth-order valence-corrected chi connectivity index (χ4v) is 8.03. The molecule has 0 atom stereocenters. The maximum atomic E-state index is 2.37. The van der Waals surface area contributed by atoms with Crippen molar-refractivity contribution in [2.24, 2.45) is 0 Å². The van der Waals surface area contributed by atoms with Crippen molar-refractivity contribution in [3.8, 4) is 33.4 Å². The van der Waals surface area contributed by atoms with Gasteiger partial charge in [0.25, 0.3) is 0 Å². The maximum absolute atomic E-state index is 2.37. The van der Waals surface area contributed by atoms with Gasteiger partial charge in [-0.05, 0) is 98.0 Å². The predicted molar refractivity (Wildman–Crippen MR) is 199 cm³/mol. The van der Waals surface area contributed by atoms with Crippen molar-refractivity contribution < 1.29 is 0 Å². The summed E-state index contributed by atoms with van der Waals surface area (Å²) in [7, 11) is 0.